The van der Waals surface area contributed by atoms with Crippen LogP contribution in [-0.4, -0.2) is 236 Å². The van der Waals surface area contributed by atoms with Crippen LogP contribution in [-0.2, 0) is 9.47 Å². The van der Waals surface area contributed by atoms with Gasteiger partial charge in [0, 0.05) is 39.4 Å². The first kappa shape index (κ1) is 73.2. The SMILES string of the molecule is C=C.CCCCOCC(O)C[N+]1(CC)CCCCC1.COCC(O)C[N+]1(O)CCCC1.COc1ccccc1OCC(O)C[N+]1(C)CCCCC1.C[N+]1(CC(O)COc2ccccc2)CCCC1.[OH-].[OH-].[OH-].[OH-]. The molecule has 6 rings (SSSR count). The average Bonchev–Trinajstić information content (AvgIpc) is 3.98. The smallest absolute Gasteiger partial charge is 0.161 e. The summed E-state index contributed by atoms with van der Waals surface area (Å²) in [7, 11) is 7.62. The number of rotatable bonds is 23. The first-order valence-electron chi connectivity index (χ1n) is 26.0. The van der Waals surface area contributed by atoms with Crippen molar-refractivity contribution in [3.8, 4) is 17.2 Å². The van der Waals surface area contributed by atoms with Crippen LogP contribution in [0.2, 0.25) is 0 Å². The number of para-hydroxylation sites is 3. The lowest BCUT2D eigenvalue weighted by molar-refractivity contribution is -1.09. The normalized spacial score (nSPS) is 19.3. The number of benzene rings is 2. The van der Waals surface area contributed by atoms with Crippen LogP contribution in [0.5, 0.6) is 17.2 Å². The number of aliphatic hydroxyl groups excluding tert-OH is 4. The molecule has 0 aliphatic carbocycles. The third-order valence-corrected chi connectivity index (χ3v) is 13.8. The van der Waals surface area contributed by atoms with Crippen molar-refractivity contribution in [2.45, 2.75) is 115 Å². The van der Waals surface area contributed by atoms with Gasteiger partial charge in [-0.2, -0.15) is 4.65 Å². The zero-order valence-corrected chi connectivity index (χ0v) is 45.5. The number of aliphatic hydroxyl groups is 4. The van der Waals surface area contributed by atoms with E-state index in [0.29, 0.717) is 44.5 Å². The molecule has 2 aromatic carbocycles. The number of quaternary nitrogens is 4. The molecule has 4 fully saturated rings. The van der Waals surface area contributed by atoms with Crippen molar-refractivity contribution >= 4 is 0 Å². The third-order valence-electron chi connectivity index (χ3n) is 13.8. The van der Waals surface area contributed by atoms with Gasteiger partial charge in [-0.3, -0.25) is 0 Å². The van der Waals surface area contributed by atoms with Gasteiger partial charge in [0.25, 0.3) is 0 Å². The molecule has 4 saturated heterocycles. The van der Waals surface area contributed by atoms with Crippen LogP contribution in [0.1, 0.15) is 90.9 Å². The lowest BCUT2D eigenvalue weighted by Gasteiger charge is -2.42. The van der Waals surface area contributed by atoms with E-state index in [1.54, 1.807) is 14.2 Å². The van der Waals surface area contributed by atoms with Gasteiger partial charge in [0.05, 0.1) is 80.2 Å². The fraction of sp³-hybridized carbons (Fsp3) is 0.741. The van der Waals surface area contributed by atoms with Gasteiger partial charge < -0.3 is 79.5 Å². The maximum Gasteiger partial charge on any atom is 0.161 e. The monoisotopic (exact) mass is 1030 g/mol. The zero-order valence-electron chi connectivity index (χ0n) is 45.5. The third kappa shape index (κ3) is 30.4. The molecule has 4 heterocycles. The average molecular weight is 1030 g/mol. The number of hydrogen-bond acceptors (Lipinski definition) is 14. The number of piperidine rings is 2. The van der Waals surface area contributed by atoms with Crippen molar-refractivity contribution in [2.75, 3.05) is 146 Å². The predicted octanol–water partition coefficient (Wildman–Crippen LogP) is 6.01. The molecule has 18 nitrogen and oxygen atoms in total. The zero-order chi connectivity index (χ0) is 50.2. The molecule has 9 N–H and O–H groups in total. The molecule has 4 aliphatic rings. The highest BCUT2D eigenvalue weighted by atomic mass is 16.6. The summed E-state index contributed by atoms with van der Waals surface area (Å²) in [6.45, 7) is 25.4. The molecular formula is C54H104N4O14. The number of ether oxygens (including phenoxy) is 5. The highest BCUT2D eigenvalue weighted by Crippen LogP contribution is 2.26. The van der Waals surface area contributed by atoms with E-state index in [1.165, 1.54) is 77.5 Å². The maximum absolute atomic E-state index is 10.2. The Morgan fingerprint density at radius 1 is 0.514 bits per heavy atom. The van der Waals surface area contributed by atoms with Gasteiger partial charge in [-0.25, -0.2) is 5.21 Å². The minimum atomic E-state index is -0.543. The molecule has 72 heavy (non-hydrogen) atoms. The van der Waals surface area contributed by atoms with Crippen molar-refractivity contribution in [3.05, 3.63) is 67.8 Å². The molecule has 18 heteroatoms. The van der Waals surface area contributed by atoms with Gasteiger partial charge in [-0.15, -0.1) is 13.2 Å². The second-order valence-electron chi connectivity index (χ2n) is 20.1. The highest BCUT2D eigenvalue weighted by molar-refractivity contribution is 5.39. The number of methoxy groups -OCH3 is 2. The van der Waals surface area contributed by atoms with E-state index < -0.39 is 12.2 Å². The molecule has 4 atom stereocenters. The van der Waals surface area contributed by atoms with Crippen molar-refractivity contribution in [1.82, 2.24) is 0 Å². The van der Waals surface area contributed by atoms with E-state index in [0.717, 1.165) is 104 Å². The minimum Gasteiger partial charge on any atom is -0.870 e. The molecule has 4 aliphatic heterocycles. The summed E-state index contributed by atoms with van der Waals surface area (Å²) >= 11 is 0. The Hall–Kier alpha value is -3.02. The molecule has 2 aromatic rings. The Morgan fingerprint density at radius 3 is 1.43 bits per heavy atom. The number of hydroxylamine groups is 3. The van der Waals surface area contributed by atoms with Crippen molar-refractivity contribution in [2.24, 2.45) is 0 Å². The summed E-state index contributed by atoms with van der Waals surface area (Å²) in [4.78, 5) is 0. The van der Waals surface area contributed by atoms with Crippen molar-refractivity contribution in [1.29, 1.82) is 0 Å². The van der Waals surface area contributed by atoms with Crippen LogP contribution >= 0.6 is 0 Å². The molecule has 424 valence electrons. The fourth-order valence-corrected chi connectivity index (χ4v) is 10.0. The Kier molecular flexibility index (Phi) is 42.0. The van der Waals surface area contributed by atoms with E-state index in [2.05, 4.69) is 41.1 Å². The van der Waals surface area contributed by atoms with Crippen LogP contribution in [0.3, 0.4) is 0 Å². The quantitative estimate of drug-likeness (QED) is 0.0485. The van der Waals surface area contributed by atoms with Crippen LogP contribution in [0.4, 0.5) is 0 Å². The molecule has 4 unspecified atom stereocenters. The number of likely N-dealkylation sites (N-methyl/N-ethyl adjacent to an activating group) is 3. The Balaban J connectivity index is -0.000000866. The first-order chi connectivity index (χ1) is 32.7. The predicted molar refractivity (Wildman–Crippen MR) is 281 cm³/mol. The summed E-state index contributed by atoms with van der Waals surface area (Å²) < 4.78 is 29.8. The van der Waals surface area contributed by atoms with E-state index in [4.69, 9.17) is 23.7 Å². The first-order valence-corrected chi connectivity index (χ1v) is 26.0. The van der Waals surface area contributed by atoms with E-state index in [1.807, 2.05) is 54.6 Å². The standard InChI is InChI=1S/C16H26NO3.C14H22NO2.C14H30NO2.C8H18NO3.C2H4.4H2O/c1-17(10-6-3-7-11-17)12-14(18)13-20-16-9-5-4-8-15(16)19-2;1-15(9-5-6-10-15)11-13(16)12-17-14-7-3-2-4-8-14;1-3-5-11-17-13-14(16)12-15(4-2)9-7-6-8-10-15;1-12-7-8(10)6-9(11)4-2-3-5-9;1-2;;;;/h4-5,8-9,14,18H,3,6-7,10-13H2,1-2H3;2-4,7-8,13,16H,5-6,9-12H2,1H3;14,16H,3-13H2,1-2H3;8,10-11H,2-7H2,1H3;1-2H2;4*1H2/q4*+1;;;;;/p-4. The van der Waals surface area contributed by atoms with Gasteiger partial charge in [0.15, 0.2) is 11.5 Å². The van der Waals surface area contributed by atoms with Crippen molar-refractivity contribution in [3.63, 3.8) is 0 Å². The summed E-state index contributed by atoms with van der Waals surface area (Å²) in [5.74, 6) is 2.23. The topological polar surface area (TPSA) is 267 Å². The van der Waals surface area contributed by atoms with Crippen LogP contribution < -0.4 is 14.2 Å². The number of nitrogens with zero attached hydrogens (tertiary/aromatic N) is 4. The minimum absolute atomic E-state index is 0. The molecule has 0 amide bonds. The van der Waals surface area contributed by atoms with Gasteiger partial charge >= 0.3 is 0 Å². The van der Waals surface area contributed by atoms with Crippen LogP contribution in [0.25, 0.3) is 0 Å². The Morgan fingerprint density at radius 2 is 0.944 bits per heavy atom. The number of likely N-dealkylation sites (tertiary alicyclic amines) is 4. The highest BCUT2D eigenvalue weighted by Gasteiger charge is 2.34. The van der Waals surface area contributed by atoms with Crippen LogP contribution in [0.15, 0.2) is 67.8 Å². The molecule has 0 bridgehead atoms. The van der Waals surface area contributed by atoms with E-state index in [-0.39, 0.29) is 38.8 Å². The summed E-state index contributed by atoms with van der Waals surface area (Å²) in [6, 6.07) is 17.2. The number of unbranched alkanes of at least 4 members (excludes halogenated alkanes) is 1. The lowest BCUT2D eigenvalue weighted by atomic mass is 10.1. The van der Waals surface area contributed by atoms with Gasteiger partial charge in [0.2, 0.25) is 0 Å². The van der Waals surface area contributed by atoms with Crippen molar-refractivity contribution < 1.29 is 89.3 Å². The Bertz CT molecular complexity index is 1530. The van der Waals surface area contributed by atoms with Gasteiger partial charge in [-0.1, -0.05) is 43.7 Å². The molecule has 0 radical (unpaired) electrons. The molecular weight excluding hydrogens is 929 g/mol. The maximum atomic E-state index is 10.2. The summed E-state index contributed by atoms with van der Waals surface area (Å²) in [5, 5.41) is 49.4. The second-order valence-corrected chi connectivity index (χ2v) is 20.1. The Labute approximate surface area is 434 Å². The molecule has 0 saturated carbocycles. The summed E-state index contributed by atoms with van der Waals surface area (Å²) in [5.41, 5.74) is 0. The van der Waals surface area contributed by atoms with E-state index >= 15 is 0 Å². The lowest BCUT2D eigenvalue weighted by Crippen LogP contribution is -2.55. The molecule has 0 spiro atoms. The fourth-order valence-electron chi connectivity index (χ4n) is 10.0. The largest absolute Gasteiger partial charge is 0.870 e. The van der Waals surface area contributed by atoms with Crippen LogP contribution in [0, 0.1) is 0 Å². The molecule has 0 aromatic heterocycles. The number of hydrogen-bond donors (Lipinski definition) is 5. The second kappa shape index (κ2) is 41.3. The van der Waals surface area contributed by atoms with Gasteiger partial charge in [-0.05, 0) is 76.1 Å². The van der Waals surface area contributed by atoms with Gasteiger partial charge in [0.1, 0.15) is 82.6 Å². The summed E-state index contributed by atoms with van der Waals surface area (Å²) in [6.07, 6.45) is 13.1. The van der Waals surface area contributed by atoms with E-state index in [9.17, 15) is 25.6 Å².